The summed E-state index contributed by atoms with van der Waals surface area (Å²) in [6.07, 6.45) is -1.06. The topological polar surface area (TPSA) is 26.0 Å². The van der Waals surface area contributed by atoms with Crippen molar-refractivity contribution in [3.63, 3.8) is 0 Å². The minimum Gasteiger partial charge on any atom is -0.326 e. The highest BCUT2D eigenvalue weighted by molar-refractivity contribution is 5.31. The summed E-state index contributed by atoms with van der Waals surface area (Å²) in [7, 11) is 0. The van der Waals surface area contributed by atoms with E-state index in [-0.39, 0.29) is 0 Å². The van der Waals surface area contributed by atoms with Gasteiger partial charge in [0.15, 0.2) is 6.17 Å². The molecule has 0 aliphatic heterocycles. The van der Waals surface area contributed by atoms with Gasteiger partial charge >= 0.3 is 0 Å². The van der Waals surface area contributed by atoms with Crippen LogP contribution in [-0.4, -0.2) is 0 Å². The van der Waals surface area contributed by atoms with Gasteiger partial charge < -0.3 is 5.73 Å². The highest BCUT2D eigenvalue weighted by atomic mass is 19.1. The SMILES string of the molecule is NCc1ccc(C(F)c2ccccc2)cc1. The third kappa shape index (κ3) is 2.28. The molecule has 0 spiro atoms. The van der Waals surface area contributed by atoms with E-state index in [0.29, 0.717) is 17.7 Å². The lowest BCUT2D eigenvalue weighted by Crippen LogP contribution is -1.98. The highest BCUT2D eigenvalue weighted by Crippen LogP contribution is 2.25. The summed E-state index contributed by atoms with van der Waals surface area (Å²) in [5.41, 5.74) is 7.86. The Morgan fingerprint density at radius 3 is 2.00 bits per heavy atom. The van der Waals surface area contributed by atoms with Gasteiger partial charge in [-0.1, -0.05) is 54.6 Å². The molecule has 0 aliphatic rings. The molecular weight excluding hydrogens is 201 g/mol. The Bertz CT molecular complexity index is 436. The minimum absolute atomic E-state index is 0.489. The van der Waals surface area contributed by atoms with E-state index in [0.717, 1.165) is 5.56 Å². The van der Waals surface area contributed by atoms with Crippen LogP contribution in [0.25, 0.3) is 0 Å². The molecule has 1 atom stereocenters. The van der Waals surface area contributed by atoms with Gasteiger partial charge in [0.1, 0.15) is 0 Å². The smallest absolute Gasteiger partial charge is 0.150 e. The maximum Gasteiger partial charge on any atom is 0.150 e. The normalized spacial score (nSPS) is 12.4. The predicted octanol–water partition coefficient (Wildman–Crippen LogP) is 3.20. The molecule has 2 aromatic rings. The second-order valence-electron chi connectivity index (χ2n) is 3.72. The second-order valence-corrected chi connectivity index (χ2v) is 3.72. The first kappa shape index (κ1) is 10.8. The molecule has 0 amide bonds. The van der Waals surface area contributed by atoms with Gasteiger partial charge in [0.25, 0.3) is 0 Å². The van der Waals surface area contributed by atoms with Gasteiger partial charge in [-0.3, -0.25) is 0 Å². The number of hydrogen-bond acceptors (Lipinski definition) is 1. The van der Waals surface area contributed by atoms with Gasteiger partial charge in [0.2, 0.25) is 0 Å². The Morgan fingerprint density at radius 1 is 0.875 bits per heavy atom. The molecule has 1 unspecified atom stereocenters. The van der Waals surface area contributed by atoms with Crippen molar-refractivity contribution in [1.82, 2.24) is 0 Å². The van der Waals surface area contributed by atoms with E-state index in [4.69, 9.17) is 5.73 Å². The monoisotopic (exact) mass is 215 g/mol. The Labute approximate surface area is 94.7 Å². The second kappa shape index (κ2) is 4.90. The molecule has 1 nitrogen and oxygen atoms in total. The summed E-state index contributed by atoms with van der Waals surface area (Å²) < 4.78 is 14.1. The van der Waals surface area contributed by atoms with E-state index < -0.39 is 6.17 Å². The lowest BCUT2D eigenvalue weighted by Gasteiger charge is -2.09. The average Bonchev–Trinajstić information content (AvgIpc) is 2.39. The average molecular weight is 215 g/mol. The summed E-state index contributed by atoms with van der Waals surface area (Å²) in [6, 6.07) is 16.5. The van der Waals surface area contributed by atoms with Crippen LogP contribution in [0.4, 0.5) is 4.39 Å². The van der Waals surface area contributed by atoms with E-state index in [1.54, 1.807) is 24.3 Å². The van der Waals surface area contributed by atoms with Gasteiger partial charge in [-0.05, 0) is 16.7 Å². The quantitative estimate of drug-likeness (QED) is 0.836. The molecule has 16 heavy (non-hydrogen) atoms. The van der Waals surface area contributed by atoms with Crippen molar-refractivity contribution < 1.29 is 4.39 Å². The van der Waals surface area contributed by atoms with Crippen molar-refractivity contribution in [3.8, 4) is 0 Å². The van der Waals surface area contributed by atoms with E-state index in [1.165, 1.54) is 0 Å². The van der Waals surface area contributed by atoms with Crippen molar-refractivity contribution in [3.05, 3.63) is 71.3 Å². The van der Waals surface area contributed by atoms with E-state index >= 15 is 0 Å². The Balaban J connectivity index is 2.24. The molecule has 82 valence electrons. The number of alkyl halides is 1. The summed E-state index contributed by atoms with van der Waals surface area (Å²) in [5.74, 6) is 0. The third-order valence-corrected chi connectivity index (χ3v) is 2.60. The zero-order valence-electron chi connectivity index (χ0n) is 8.94. The lowest BCUT2D eigenvalue weighted by atomic mass is 10.0. The number of nitrogens with two attached hydrogens (primary N) is 1. The summed E-state index contributed by atoms with van der Waals surface area (Å²) in [5, 5.41) is 0. The molecule has 2 aromatic carbocycles. The third-order valence-electron chi connectivity index (χ3n) is 2.60. The first-order valence-corrected chi connectivity index (χ1v) is 5.29. The van der Waals surface area contributed by atoms with Crippen LogP contribution in [0.2, 0.25) is 0 Å². The highest BCUT2D eigenvalue weighted by Gasteiger charge is 2.11. The first-order valence-electron chi connectivity index (χ1n) is 5.29. The van der Waals surface area contributed by atoms with Crippen LogP contribution in [0, 0.1) is 0 Å². The maximum atomic E-state index is 14.1. The van der Waals surface area contributed by atoms with Crippen LogP contribution in [0.15, 0.2) is 54.6 Å². The first-order chi connectivity index (χ1) is 7.81. The van der Waals surface area contributed by atoms with E-state index in [9.17, 15) is 4.39 Å². The van der Waals surface area contributed by atoms with Crippen molar-refractivity contribution in [2.24, 2.45) is 5.73 Å². The van der Waals surface area contributed by atoms with Crippen molar-refractivity contribution in [1.29, 1.82) is 0 Å². The molecule has 0 saturated heterocycles. The molecular formula is C14H14FN. The van der Waals surface area contributed by atoms with E-state index in [2.05, 4.69) is 0 Å². The minimum atomic E-state index is -1.06. The van der Waals surface area contributed by atoms with Gasteiger partial charge in [0, 0.05) is 6.54 Å². The van der Waals surface area contributed by atoms with Crippen LogP contribution < -0.4 is 5.73 Å². The molecule has 0 radical (unpaired) electrons. The molecule has 0 aliphatic carbocycles. The number of hydrogen-bond donors (Lipinski definition) is 1. The summed E-state index contributed by atoms with van der Waals surface area (Å²) in [6.45, 7) is 0.489. The summed E-state index contributed by atoms with van der Waals surface area (Å²) in [4.78, 5) is 0. The fraction of sp³-hybridized carbons (Fsp3) is 0.143. The Kier molecular flexibility index (Phi) is 3.32. The lowest BCUT2D eigenvalue weighted by molar-refractivity contribution is 0.402. The van der Waals surface area contributed by atoms with Gasteiger partial charge in [-0.25, -0.2) is 4.39 Å². The zero-order valence-corrected chi connectivity index (χ0v) is 8.94. The van der Waals surface area contributed by atoms with Crippen LogP contribution in [0.1, 0.15) is 22.9 Å². The molecule has 0 saturated carbocycles. The largest absolute Gasteiger partial charge is 0.326 e. The fourth-order valence-electron chi connectivity index (χ4n) is 1.64. The molecule has 2 heteroatoms. The van der Waals surface area contributed by atoms with Crippen LogP contribution >= 0.6 is 0 Å². The molecule has 0 bridgehead atoms. The molecule has 2 N–H and O–H groups in total. The van der Waals surface area contributed by atoms with Crippen molar-refractivity contribution in [2.75, 3.05) is 0 Å². The van der Waals surface area contributed by atoms with Crippen molar-refractivity contribution in [2.45, 2.75) is 12.7 Å². The molecule has 0 heterocycles. The maximum absolute atomic E-state index is 14.1. The standard InChI is InChI=1S/C14H14FN/c15-14(12-4-2-1-3-5-12)13-8-6-11(10-16)7-9-13/h1-9,14H,10,16H2. The van der Waals surface area contributed by atoms with Crippen molar-refractivity contribution >= 4 is 0 Å². The fourth-order valence-corrected chi connectivity index (χ4v) is 1.64. The number of halogens is 1. The van der Waals surface area contributed by atoms with Crippen LogP contribution in [0.3, 0.4) is 0 Å². The van der Waals surface area contributed by atoms with E-state index in [1.807, 2.05) is 30.3 Å². The van der Waals surface area contributed by atoms with Gasteiger partial charge in [-0.2, -0.15) is 0 Å². The summed E-state index contributed by atoms with van der Waals surface area (Å²) >= 11 is 0. The van der Waals surface area contributed by atoms with Gasteiger partial charge in [-0.15, -0.1) is 0 Å². The molecule has 0 fully saturated rings. The molecule has 0 aromatic heterocycles. The predicted molar refractivity (Wildman–Crippen MR) is 63.7 cm³/mol. The molecule has 2 rings (SSSR count). The van der Waals surface area contributed by atoms with Crippen LogP contribution in [0.5, 0.6) is 0 Å². The zero-order chi connectivity index (χ0) is 11.4. The number of benzene rings is 2. The van der Waals surface area contributed by atoms with Gasteiger partial charge in [0.05, 0.1) is 0 Å². The van der Waals surface area contributed by atoms with Crippen LogP contribution in [-0.2, 0) is 6.54 Å². The Hall–Kier alpha value is -1.67. The Morgan fingerprint density at radius 2 is 1.44 bits per heavy atom. The number of rotatable bonds is 3.